The maximum absolute atomic E-state index is 2.32. The summed E-state index contributed by atoms with van der Waals surface area (Å²) in [5.41, 5.74) is 3.81. The Bertz CT molecular complexity index is 194. The molecule has 5 radical (unpaired) electrons. The molecule has 0 spiro atoms. The van der Waals surface area contributed by atoms with Gasteiger partial charge in [-0.2, -0.15) is 0 Å². The van der Waals surface area contributed by atoms with E-state index in [9.17, 15) is 0 Å². The van der Waals surface area contributed by atoms with Crippen LogP contribution in [0.15, 0.2) is 0 Å². The molecule has 0 saturated carbocycles. The molecule has 0 aromatic carbocycles. The van der Waals surface area contributed by atoms with Gasteiger partial charge in [0.1, 0.15) is 0 Å². The van der Waals surface area contributed by atoms with E-state index in [0.29, 0.717) is 10.8 Å². The van der Waals surface area contributed by atoms with E-state index in [-0.39, 0.29) is 0 Å². The fourth-order valence-electron chi connectivity index (χ4n) is 2.10. The van der Waals surface area contributed by atoms with E-state index >= 15 is 0 Å². The van der Waals surface area contributed by atoms with Crippen molar-refractivity contribution in [2.45, 2.75) is 55.4 Å². The summed E-state index contributed by atoms with van der Waals surface area (Å²) in [5, 5.41) is 0. The van der Waals surface area contributed by atoms with Crippen molar-refractivity contribution in [2.24, 2.45) is 10.8 Å². The third kappa shape index (κ3) is 2.76. The molecule has 0 bridgehead atoms. The van der Waals surface area contributed by atoms with E-state index in [1.807, 2.05) is 0 Å². The van der Waals surface area contributed by atoms with Crippen LogP contribution in [0.25, 0.3) is 0 Å². The maximum Gasteiger partial charge on any atom is 0.0173 e. The van der Waals surface area contributed by atoms with Gasteiger partial charge in [0, 0.05) is 11.3 Å². The Labute approximate surface area is 98.4 Å². The molecule has 0 N–H and O–H groups in total. The summed E-state index contributed by atoms with van der Waals surface area (Å²) in [7, 11) is 1.46. The zero-order valence-electron chi connectivity index (χ0n) is 11.4. The van der Waals surface area contributed by atoms with Gasteiger partial charge >= 0.3 is 0 Å². The van der Waals surface area contributed by atoms with E-state index < -0.39 is 0 Å². The van der Waals surface area contributed by atoms with Gasteiger partial charge in [-0.25, -0.2) is 0 Å². The van der Waals surface area contributed by atoms with Gasteiger partial charge in [0.2, 0.25) is 0 Å². The van der Waals surface area contributed by atoms with Crippen molar-refractivity contribution in [3.63, 3.8) is 0 Å². The van der Waals surface area contributed by atoms with Gasteiger partial charge in [0.25, 0.3) is 0 Å². The lowest BCUT2D eigenvalue weighted by Crippen LogP contribution is -2.19. The van der Waals surface area contributed by atoms with Crippen LogP contribution in [-0.2, 0) is 0 Å². The van der Waals surface area contributed by atoms with Crippen molar-refractivity contribution in [2.75, 3.05) is 0 Å². The van der Waals surface area contributed by atoms with Crippen LogP contribution < -0.4 is 0 Å². The standard InChI is InChI=1S/C14H24P/c1-9-10(2)12(14(6,7)8)15-11(9)13(3,4)5/h1-8H3. The summed E-state index contributed by atoms with van der Waals surface area (Å²) in [4.78, 5) is 0. The van der Waals surface area contributed by atoms with E-state index in [1.54, 1.807) is 11.3 Å². The Kier molecular flexibility index (Phi) is 3.62. The van der Waals surface area contributed by atoms with Crippen LogP contribution in [0.1, 0.15) is 55.4 Å². The predicted molar refractivity (Wildman–Crippen MR) is 70.2 cm³/mol. The first-order chi connectivity index (χ1) is 6.55. The van der Waals surface area contributed by atoms with Crippen LogP contribution in [0.4, 0.5) is 0 Å². The molecule has 0 amide bonds. The molecule has 0 aromatic rings. The van der Waals surface area contributed by atoms with Crippen molar-refractivity contribution in [1.82, 2.24) is 0 Å². The summed E-state index contributed by atoms with van der Waals surface area (Å²) in [6.45, 7) is 18.5. The molecule has 1 heterocycles. The molecule has 0 unspecified atom stereocenters. The molecule has 1 rings (SSSR count). The highest BCUT2D eigenvalue weighted by atomic mass is 31.1. The Morgan fingerprint density at radius 3 is 1.07 bits per heavy atom. The quantitative estimate of drug-likeness (QED) is 0.489. The van der Waals surface area contributed by atoms with Crippen LogP contribution in [0, 0.1) is 34.0 Å². The van der Waals surface area contributed by atoms with Gasteiger partial charge in [-0.05, 0) is 22.7 Å². The predicted octanol–water partition coefficient (Wildman–Crippen LogP) is 5.29. The highest BCUT2D eigenvalue weighted by Gasteiger charge is 2.49. The fourth-order valence-corrected chi connectivity index (χ4v) is 3.66. The lowest BCUT2D eigenvalue weighted by Gasteiger charge is -2.30. The lowest BCUT2D eigenvalue weighted by atomic mass is 9.74. The zero-order chi connectivity index (χ0) is 12.0. The second kappa shape index (κ2) is 4.02. The first-order valence-electron chi connectivity index (χ1n) is 5.70. The van der Waals surface area contributed by atoms with Crippen LogP contribution in [-0.4, -0.2) is 0 Å². The molecule has 0 aliphatic carbocycles. The Morgan fingerprint density at radius 1 is 0.667 bits per heavy atom. The Morgan fingerprint density at radius 2 is 0.933 bits per heavy atom. The minimum atomic E-state index is 0.305. The molecular weight excluding hydrogens is 199 g/mol. The molecule has 85 valence electrons. The Hall–Kier alpha value is 0.430. The van der Waals surface area contributed by atoms with Gasteiger partial charge in [-0.3, -0.25) is 0 Å². The van der Waals surface area contributed by atoms with Crippen LogP contribution in [0.3, 0.4) is 0 Å². The summed E-state index contributed by atoms with van der Waals surface area (Å²) in [5.74, 6) is 3.04. The largest absolute Gasteiger partial charge is 0.0628 e. The second-order valence-electron chi connectivity index (χ2n) is 6.56. The van der Waals surface area contributed by atoms with Crippen molar-refractivity contribution in [3.8, 4) is 0 Å². The average Bonchev–Trinajstić information content (AvgIpc) is 2.26. The number of hydrogen-bond acceptors (Lipinski definition) is 0. The lowest BCUT2D eigenvalue weighted by molar-refractivity contribution is 0.464. The fraction of sp³-hybridized carbons (Fsp3) is 0.714. The number of rotatable bonds is 0. The molecule has 15 heavy (non-hydrogen) atoms. The number of hydrogen-bond donors (Lipinski definition) is 0. The monoisotopic (exact) mass is 223 g/mol. The van der Waals surface area contributed by atoms with Gasteiger partial charge in [0.15, 0.2) is 0 Å². The normalized spacial score (nSPS) is 24.0. The van der Waals surface area contributed by atoms with Crippen molar-refractivity contribution >= 4 is 8.58 Å². The van der Waals surface area contributed by atoms with E-state index in [0.717, 1.165) is 0 Å². The third-order valence-electron chi connectivity index (χ3n) is 2.92. The van der Waals surface area contributed by atoms with Crippen molar-refractivity contribution < 1.29 is 0 Å². The SMILES string of the molecule is C[C]1[C](C)[C](C(C)(C)C)[P][C]1C(C)(C)C. The topological polar surface area (TPSA) is 0 Å². The second-order valence-corrected chi connectivity index (χ2v) is 7.68. The van der Waals surface area contributed by atoms with E-state index in [4.69, 9.17) is 0 Å². The third-order valence-corrected chi connectivity index (χ3v) is 5.38. The van der Waals surface area contributed by atoms with Gasteiger partial charge in [-0.15, -0.1) is 0 Å². The van der Waals surface area contributed by atoms with Crippen molar-refractivity contribution in [1.29, 1.82) is 0 Å². The summed E-state index contributed by atoms with van der Waals surface area (Å²) >= 11 is 0. The van der Waals surface area contributed by atoms with E-state index in [2.05, 4.69) is 55.4 Å². The van der Waals surface area contributed by atoms with Crippen LogP contribution in [0.5, 0.6) is 0 Å². The zero-order valence-corrected chi connectivity index (χ0v) is 12.3. The minimum absolute atomic E-state index is 0.305. The molecule has 1 heteroatoms. The van der Waals surface area contributed by atoms with Gasteiger partial charge < -0.3 is 0 Å². The average molecular weight is 223 g/mol. The molecule has 0 aromatic heterocycles. The van der Waals surface area contributed by atoms with Crippen LogP contribution >= 0.6 is 8.58 Å². The van der Waals surface area contributed by atoms with Crippen molar-refractivity contribution in [3.05, 3.63) is 23.2 Å². The highest BCUT2D eigenvalue weighted by Crippen LogP contribution is 2.69. The molecule has 1 saturated heterocycles. The molecule has 1 aliphatic heterocycles. The molecule has 0 atom stereocenters. The van der Waals surface area contributed by atoms with Gasteiger partial charge in [0.05, 0.1) is 0 Å². The molecular formula is C14H24P. The first kappa shape index (κ1) is 13.5. The van der Waals surface area contributed by atoms with Gasteiger partial charge in [-0.1, -0.05) is 64.0 Å². The molecule has 1 fully saturated rings. The summed E-state index contributed by atoms with van der Waals surface area (Å²) in [6.07, 6.45) is 0. The Balaban J connectivity index is 2.86. The summed E-state index contributed by atoms with van der Waals surface area (Å²) in [6, 6.07) is 0. The molecule has 1 aliphatic rings. The minimum Gasteiger partial charge on any atom is -0.0628 e. The smallest absolute Gasteiger partial charge is 0.0173 e. The summed E-state index contributed by atoms with van der Waals surface area (Å²) < 4.78 is 0. The van der Waals surface area contributed by atoms with Crippen LogP contribution in [0.2, 0.25) is 0 Å². The maximum atomic E-state index is 2.32. The first-order valence-corrected chi connectivity index (χ1v) is 6.59. The molecule has 0 nitrogen and oxygen atoms in total. The highest BCUT2D eigenvalue weighted by molar-refractivity contribution is 7.47. The van der Waals surface area contributed by atoms with E-state index in [1.165, 1.54) is 20.4 Å².